The minimum atomic E-state index is -0.597. The average molecular weight is 298 g/mol. The van der Waals surface area contributed by atoms with Gasteiger partial charge in [0.05, 0.1) is 21.6 Å². The van der Waals surface area contributed by atoms with Crippen LogP contribution in [0, 0.1) is 10.1 Å². The van der Waals surface area contributed by atoms with Crippen molar-refractivity contribution < 1.29 is 14.5 Å². The standard InChI is InChI=1S/C12H12ClN3O4/c1-15-6-7(4-11(15)17)14-12(18)9-5-8(16(19)20)2-3-10(9)13/h2-3,5,7H,4,6H2,1H3,(H,14,18). The zero-order valence-corrected chi connectivity index (χ0v) is 11.4. The van der Waals surface area contributed by atoms with Crippen LogP contribution in [0.1, 0.15) is 16.8 Å². The maximum absolute atomic E-state index is 12.1. The third kappa shape index (κ3) is 2.88. The topological polar surface area (TPSA) is 92.6 Å². The second-order valence-corrected chi connectivity index (χ2v) is 4.98. The molecular formula is C12H12ClN3O4. The van der Waals surface area contributed by atoms with Crippen LogP contribution >= 0.6 is 11.6 Å². The van der Waals surface area contributed by atoms with E-state index in [1.165, 1.54) is 17.0 Å². The van der Waals surface area contributed by atoms with Crippen LogP contribution in [0.5, 0.6) is 0 Å². The van der Waals surface area contributed by atoms with Crippen molar-refractivity contribution in [1.29, 1.82) is 0 Å². The average Bonchev–Trinajstić information content (AvgIpc) is 2.68. The van der Waals surface area contributed by atoms with Crippen LogP contribution in [0.15, 0.2) is 18.2 Å². The molecule has 20 heavy (non-hydrogen) atoms. The van der Waals surface area contributed by atoms with E-state index >= 15 is 0 Å². The fourth-order valence-electron chi connectivity index (χ4n) is 2.02. The number of rotatable bonds is 3. The monoisotopic (exact) mass is 297 g/mol. The van der Waals surface area contributed by atoms with Gasteiger partial charge in [-0.05, 0) is 6.07 Å². The Bertz CT molecular complexity index is 590. The Morgan fingerprint density at radius 1 is 1.55 bits per heavy atom. The van der Waals surface area contributed by atoms with E-state index in [-0.39, 0.29) is 34.6 Å². The zero-order valence-electron chi connectivity index (χ0n) is 10.6. The highest BCUT2D eigenvalue weighted by atomic mass is 35.5. The largest absolute Gasteiger partial charge is 0.347 e. The number of nitro groups is 1. The molecule has 1 aliphatic rings. The number of hydrogen-bond acceptors (Lipinski definition) is 4. The lowest BCUT2D eigenvalue weighted by Gasteiger charge is -2.13. The minimum absolute atomic E-state index is 0.0304. The Morgan fingerprint density at radius 2 is 2.25 bits per heavy atom. The minimum Gasteiger partial charge on any atom is -0.347 e. The van der Waals surface area contributed by atoms with E-state index in [0.29, 0.717) is 6.54 Å². The molecule has 2 rings (SSSR count). The molecular weight excluding hydrogens is 286 g/mol. The summed E-state index contributed by atoms with van der Waals surface area (Å²) in [6.07, 6.45) is 0.217. The Labute approximate surface area is 119 Å². The number of carbonyl (C=O) groups is 2. The molecule has 0 spiro atoms. The summed E-state index contributed by atoms with van der Waals surface area (Å²) in [5, 5.41) is 13.5. The molecule has 0 radical (unpaired) electrons. The first-order valence-electron chi connectivity index (χ1n) is 5.87. The van der Waals surface area contributed by atoms with Crippen molar-refractivity contribution in [3.63, 3.8) is 0 Å². The molecule has 1 aliphatic heterocycles. The Kier molecular flexibility index (Phi) is 3.89. The molecule has 1 N–H and O–H groups in total. The third-order valence-electron chi connectivity index (χ3n) is 3.08. The molecule has 7 nitrogen and oxygen atoms in total. The molecule has 1 fully saturated rings. The summed E-state index contributed by atoms with van der Waals surface area (Å²) in [4.78, 5) is 35.0. The van der Waals surface area contributed by atoms with Crippen molar-refractivity contribution in [2.75, 3.05) is 13.6 Å². The first-order chi connectivity index (χ1) is 9.38. The second-order valence-electron chi connectivity index (χ2n) is 4.57. The molecule has 8 heteroatoms. The number of carbonyl (C=O) groups excluding carboxylic acids is 2. The fraction of sp³-hybridized carbons (Fsp3) is 0.333. The second kappa shape index (κ2) is 5.46. The first-order valence-corrected chi connectivity index (χ1v) is 6.25. The highest BCUT2D eigenvalue weighted by molar-refractivity contribution is 6.34. The third-order valence-corrected chi connectivity index (χ3v) is 3.41. The van der Waals surface area contributed by atoms with E-state index in [0.717, 1.165) is 6.07 Å². The Balaban J connectivity index is 2.15. The number of nitro benzene ring substituents is 1. The summed E-state index contributed by atoms with van der Waals surface area (Å²) in [6, 6.07) is 3.35. The van der Waals surface area contributed by atoms with Gasteiger partial charge in [0.25, 0.3) is 11.6 Å². The molecule has 1 heterocycles. The van der Waals surface area contributed by atoms with Crippen LogP contribution < -0.4 is 5.32 Å². The van der Waals surface area contributed by atoms with Gasteiger partial charge in [0.1, 0.15) is 0 Å². The van der Waals surface area contributed by atoms with Gasteiger partial charge < -0.3 is 10.2 Å². The SMILES string of the molecule is CN1CC(NC(=O)c2cc([N+](=O)[O-])ccc2Cl)CC1=O. The number of halogens is 1. The lowest BCUT2D eigenvalue weighted by Crippen LogP contribution is -2.36. The van der Waals surface area contributed by atoms with Gasteiger partial charge in [0.15, 0.2) is 0 Å². The van der Waals surface area contributed by atoms with E-state index in [1.807, 2.05) is 0 Å². The van der Waals surface area contributed by atoms with E-state index in [4.69, 9.17) is 11.6 Å². The van der Waals surface area contributed by atoms with Crippen molar-refractivity contribution in [2.24, 2.45) is 0 Å². The number of amides is 2. The van der Waals surface area contributed by atoms with Gasteiger partial charge in [0.2, 0.25) is 5.91 Å². The van der Waals surface area contributed by atoms with Gasteiger partial charge in [-0.25, -0.2) is 0 Å². The number of likely N-dealkylation sites (N-methyl/N-ethyl adjacent to an activating group) is 1. The van der Waals surface area contributed by atoms with Gasteiger partial charge in [-0.15, -0.1) is 0 Å². The van der Waals surface area contributed by atoms with Crippen molar-refractivity contribution >= 4 is 29.1 Å². The number of benzene rings is 1. The summed E-state index contributed by atoms with van der Waals surface area (Å²) >= 11 is 5.88. The van der Waals surface area contributed by atoms with Crippen LogP contribution in [-0.2, 0) is 4.79 Å². The van der Waals surface area contributed by atoms with Gasteiger partial charge in [-0.1, -0.05) is 11.6 Å². The molecule has 1 unspecified atom stereocenters. The molecule has 0 bridgehead atoms. The molecule has 1 aromatic rings. The summed E-state index contributed by atoms with van der Waals surface area (Å²) in [5.74, 6) is -0.577. The maximum atomic E-state index is 12.1. The van der Waals surface area contributed by atoms with E-state index < -0.39 is 10.8 Å². The maximum Gasteiger partial charge on any atom is 0.270 e. The number of nitrogens with zero attached hydrogens (tertiary/aromatic N) is 2. The molecule has 2 amide bonds. The van der Waals surface area contributed by atoms with E-state index in [9.17, 15) is 19.7 Å². The summed E-state index contributed by atoms with van der Waals surface area (Å²) in [6.45, 7) is 0.414. The highest BCUT2D eigenvalue weighted by Gasteiger charge is 2.28. The van der Waals surface area contributed by atoms with Gasteiger partial charge in [-0.3, -0.25) is 19.7 Å². The quantitative estimate of drug-likeness (QED) is 0.670. The van der Waals surface area contributed by atoms with E-state index in [1.54, 1.807) is 7.05 Å². The molecule has 106 valence electrons. The lowest BCUT2D eigenvalue weighted by atomic mass is 10.1. The highest BCUT2D eigenvalue weighted by Crippen LogP contribution is 2.22. The number of hydrogen-bond donors (Lipinski definition) is 1. The van der Waals surface area contributed by atoms with Gasteiger partial charge >= 0.3 is 0 Å². The van der Waals surface area contributed by atoms with Crippen molar-refractivity contribution in [1.82, 2.24) is 10.2 Å². The van der Waals surface area contributed by atoms with Crippen molar-refractivity contribution in [3.8, 4) is 0 Å². The number of nitrogens with one attached hydrogen (secondary N) is 1. The van der Waals surface area contributed by atoms with Gasteiger partial charge in [0, 0.05) is 32.1 Å². The normalized spacial score (nSPS) is 18.2. The molecule has 1 aromatic carbocycles. The van der Waals surface area contributed by atoms with Crippen LogP contribution in [-0.4, -0.2) is 41.3 Å². The van der Waals surface area contributed by atoms with Crippen molar-refractivity contribution in [2.45, 2.75) is 12.5 Å². The first kappa shape index (κ1) is 14.3. The molecule has 0 aromatic heterocycles. The smallest absolute Gasteiger partial charge is 0.270 e. The predicted octanol–water partition coefficient (Wildman–Crippen LogP) is 1.21. The van der Waals surface area contributed by atoms with E-state index in [2.05, 4.69) is 5.32 Å². The Hall–Kier alpha value is -2.15. The summed E-state index contributed by atoms with van der Waals surface area (Å²) < 4.78 is 0. The molecule has 1 saturated heterocycles. The summed E-state index contributed by atoms with van der Waals surface area (Å²) in [5.41, 5.74) is -0.179. The van der Waals surface area contributed by atoms with Crippen LogP contribution in [0.2, 0.25) is 5.02 Å². The molecule has 0 saturated carbocycles. The fourth-order valence-corrected chi connectivity index (χ4v) is 2.23. The predicted molar refractivity (Wildman–Crippen MR) is 71.6 cm³/mol. The number of non-ortho nitro benzene ring substituents is 1. The van der Waals surface area contributed by atoms with Crippen LogP contribution in [0.3, 0.4) is 0 Å². The van der Waals surface area contributed by atoms with Crippen LogP contribution in [0.25, 0.3) is 0 Å². The molecule has 0 aliphatic carbocycles. The lowest BCUT2D eigenvalue weighted by molar-refractivity contribution is -0.384. The molecule has 1 atom stereocenters. The zero-order chi connectivity index (χ0) is 14.9. The Morgan fingerprint density at radius 3 is 2.80 bits per heavy atom. The van der Waals surface area contributed by atoms with Crippen molar-refractivity contribution in [3.05, 3.63) is 38.9 Å². The van der Waals surface area contributed by atoms with Gasteiger partial charge in [-0.2, -0.15) is 0 Å². The number of likely N-dealkylation sites (tertiary alicyclic amines) is 1. The summed E-state index contributed by atoms with van der Waals surface area (Å²) in [7, 11) is 1.65. The van der Waals surface area contributed by atoms with Crippen LogP contribution in [0.4, 0.5) is 5.69 Å².